The van der Waals surface area contributed by atoms with Gasteiger partial charge in [0.05, 0.1) is 25.3 Å². The van der Waals surface area contributed by atoms with E-state index in [-0.39, 0.29) is 37.5 Å². The van der Waals surface area contributed by atoms with Gasteiger partial charge in [-0.05, 0) is 31.5 Å². The minimum atomic E-state index is -0.439. The maximum Gasteiger partial charge on any atom is 0.307 e. The molecule has 1 atom stereocenters. The molecule has 0 radical (unpaired) electrons. The molecule has 0 fully saturated rings. The fourth-order valence-corrected chi connectivity index (χ4v) is 2.13. The number of hydrogen-bond donors (Lipinski definition) is 4. The van der Waals surface area contributed by atoms with Crippen LogP contribution >= 0.6 is 0 Å². The Morgan fingerprint density at radius 2 is 1.96 bits per heavy atom. The van der Waals surface area contributed by atoms with Crippen LogP contribution in [0.5, 0.6) is 0 Å². The zero-order chi connectivity index (χ0) is 19.5. The summed E-state index contributed by atoms with van der Waals surface area (Å²) >= 11 is 0. The van der Waals surface area contributed by atoms with Crippen molar-refractivity contribution >= 4 is 29.4 Å². The second-order valence-electron chi connectivity index (χ2n) is 5.45. The number of esters is 1. The van der Waals surface area contributed by atoms with Crippen LogP contribution in [0.3, 0.4) is 0 Å². The Morgan fingerprint density at radius 3 is 2.58 bits per heavy atom. The van der Waals surface area contributed by atoms with Gasteiger partial charge in [-0.2, -0.15) is 0 Å². The van der Waals surface area contributed by atoms with Crippen LogP contribution < -0.4 is 22.1 Å². The van der Waals surface area contributed by atoms with Crippen molar-refractivity contribution in [3.8, 4) is 0 Å². The molecule has 0 aliphatic rings. The van der Waals surface area contributed by atoms with Crippen molar-refractivity contribution in [1.29, 1.82) is 0 Å². The number of amides is 2. The van der Waals surface area contributed by atoms with Crippen molar-refractivity contribution < 1.29 is 19.1 Å². The lowest BCUT2D eigenvalue weighted by Gasteiger charge is -2.16. The first-order valence-electron chi connectivity index (χ1n) is 8.28. The van der Waals surface area contributed by atoms with E-state index < -0.39 is 11.8 Å². The highest BCUT2D eigenvalue weighted by Crippen LogP contribution is 2.13. The highest BCUT2D eigenvalue weighted by atomic mass is 16.5. The molecule has 1 unspecified atom stereocenters. The lowest BCUT2D eigenvalue weighted by molar-refractivity contribution is -0.143. The molecule has 9 nitrogen and oxygen atoms in total. The molecule has 6 N–H and O–H groups in total. The number of aliphatic imine (C=N–C) groups is 1. The van der Waals surface area contributed by atoms with Gasteiger partial charge in [0.1, 0.15) is 0 Å². The van der Waals surface area contributed by atoms with Gasteiger partial charge in [-0.25, -0.2) is 4.99 Å². The van der Waals surface area contributed by atoms with Crippen molar-refractivity contribution in [3.05, 3.63) is 29.8 Å². The fraction of sp³-hybridized carbons (Fsp3) is 0.412. The number of guanidine groups is 1. The molecule has 0 aliphatic carbocycles. The Kier molecular flexibility index (Phi) is 8.62. The molecule has 0 aromatic heterocycles. The predicted molar refractivity (Wildman–Crippen MR) is 97.7 cm³/mol. The van der Waals surface area contributed by atoms with E-state index in [4.69, 9.17) is 16.2 Å². The third-order valence-electron chi connectivity index (χ3n) is 3.35. The molecule has 1 aromatic carbocycles. The van der Waals surface area contributed by atoms with E-state index in [1.54, 1.807) is 25.1 Å². The van der Waals surface area contributed by atoms with Gasteiger partial charge < -0.3 is 26.8 Å². The number of nitrogens with zero attached hydrogens (tertiary/aromatic N) is 1. The largest absolute Gasteiger partial charge is 0.466 e. The zero-order valence-corrected chi connectivity index (χ0v) is 15.0. The molecule has 2 amide bonds. The third-order valence-corrected chi connectivity index (χ3v) is 3.35. The minimum Gasteiger partial charge on any atom is -0.466 e. The van der Waals surface area contributed by atoms with E-state index in [1.165, 1.54) is 6.07 Å². The summed E-state index contributed by atoms with van der Waals surface area (Å²) in [5, 5.41) is 5.20. The molecule has 142 valence electrons. The van der Waals surface area contributed by atoms with Crippen LogP contribution in [0, 0.1) is 0 Å². The Bertz CT molecular complexity index is 671. The van der Waals surface area contributed by atoms with Crippen molar-refractivity contribution in [3.63, 3.8) is 0 Å². The smallest absolute Gasteiger partial charge is 0.307 e. The van der Waals surface area contributed by atoms with Gasteiger partial charge in [0, 0.05) is 11.6 Å². The molecule has 0 spiro atoms. The molecule has 0 bridgehead atoms. The fourth-order valence-electron chi connectivity index (χ4n) is 2.13. The Hall–Kier alpha value is -3.10. The van der Waals surface area contributed by atoms with E-state index in [1.807, 2.05) is 6.92 Å². The van der Waals surface area contributed by atoms with Crippen LogP contribution in [0.2, 0.25) is 0 Å². The molecule has 0 saturated carbocycles. The van der Waals surface area contributed by atoms with Crippen molar-refractivity contribution in [1.82, 2.24) is 10.6 Å². The van der Waals surface area contributed by atoms with Crippen LogP contribution in [-0.4, -0.2) is 42.9 Å². The SMILES string of the molecule is CCOC(=O)CC(CC)NC(=O)CNC(=O)c1cccc(N=C(N)N)c1. The van der Waals surface area contributed by atoms with Crippen molar-refractivity contribution in [2.24, 2.45) is 16.5 Å². The first kappa shape index (κ1) is 20.9. The lowest BCUT2D eigenvalue weighted by Crippen LogP contribution is -2.42. The highest BCUT2D eigenvalue weighted by Gasteiger charge is 2.16. The maximum absolute atomic E-state index is 12.1. The second-order valence-corrected chi connectivity index (χ2v) is 5.45. The summed E-state index contributed by atoms with van der Waals surface area (Å²) in [7, 11) is 0. The van der Waals surface area contributed by atoms with Crippen molar-refractivity contribution in [2.45, 2.75) is 32.7 Å². The Morgan fingerprint density at radius 1 is 1.23 bits per heavy atom. The third kappa shape index (κ3) is 7.65. The molecule has 0 heterocycles. The molecule has 26 heavy (non-hydrogen) atoms. The number of ether oxygens (including phenoxy) is 1. The molecule has 9 heteroatoms. The number of carbonyl (C=O) groups is 3. The van der Waals surface area contributed by atoms with Crippen molar-refractivity contribution in [2.75, 3.05) is 13.2 Å². The average Bonchev–Trinajstić information content (AvgIpc) is 2.59. The Balaban J connectivity index is 2.54. The van der Waals surface area contributed by atoms with Gasteiger partial charge in [-0.1, -0.05) is 13.0 Å². The van der Waals surface area contributed by atoms with E-state index in [0.717, 1.165) is 0 Å². The maximum atomic E-state index is 12.1. The summed E-state index contributed by atoms with van der Waals surface area (Å²) < 4.78 is 4.86. The molecular formula is C17H25N5O4. The topological polar surface area (TPSA) is 149 Å². The summed E-state index contributed by atoms with van der Waals surface area (Å²) in [6.07, 6.45) is 0.656. The monoisotopic (exact) mass is 363 g/mol. The molecular weight excluding hydrogens is 338 g/mol. The predicted octanol–water partition coefficient (Wildman–Crippen LogP) is 0.169. The van der Waals surface area contributed by atoms with Crippen LogP contribution in [0.1, 0.15) is 37.0 Å². The Labute approximate surface area is 152 Å². The molecule has 1 rings (SSSR count). The second kappa shape index (κ2) is 10.7. The summed E-state index contributed by atoms with van der Waals surface area (Å²) in [6.45, 7) is 3.63. The quantitative estimate of drug-likeness (QED) is 0.279. The number of carbonyl (C=O) groups excluding carboxylic acids is 3. The molecule has 0 saturated heterocycles. The number of nitrogens with one attached hydrogen (secondary N) is 2. The summed E-state index contributed by atoms with van der Waals surface area (Å²) in [5.41, 5.74) is 11.4. The number of benzene rings is 1. The molecule has 0 aliphatic heterocycles. The minimum absolute atomic E-state index is 0.0879. The number of nitrogens with two attached hydrogens (primary N) is 2. The summed E-state index contributed by atoms with van der Waals surface area (Å²) in [6, 6.07) is 6.01. The average molecular weight is 363 g/mol. The highest BCUT2D eigenvalue weighted by molar-refractivity contribution is 5.97. The van der Waals surface area contributed by atoms with Crippen LogP contribution in [-0.2, 0) is 14.3 Å². The van der Waals surface area contributed by atoms with Crippen LogP contribution in [0.15, 0.2) is 29.3 Å². The summed E-state index contributed by atoms with van der Waals surface area (Å²) in [5.74, 6) is -1.32. The molecule has 1 aromatic rings. The van der Waals surface area contributed by atoms with Gasteiger partial charge >= 0.3 is 5.97 Å². The van der Waals surface area contributed by atoms with E-state index in [9.17, 15) is 14.4 Å². The van der Waals surface area contributed by atoms with E-state index in [2.05, 4.69) is 15.6 Å². The van der Waals surface area contributed by atoms with Crippen LogP contribution in [0.4, 0.5) is 5.69 Å². The van der Waals surface area contributed by atoms with Gasteiger partial charge in [0.2, 0.25) is 5.91 Å². The lowest BCUT2D eigenvalue weighted by atomic mass is 10.1. The standard InChI is InChI=1S/C17H25N5O4/c1-3-12(9-15(24)26-4-2)21-14(23)10-20-16(25)11-6-5-7-13(8-11)22-17(18)19/h5-8,12H,3-4,9-10H2,1-2H3,(H,20,25)(H,21,23)(H4,18,19,22). The van der Waals surface area contributed by atoms with Crippen LogP contribution in [0.25, 0.3) is 0 Å². The number of rotatable bonds is 9. The van der Waals surface area contributed by atoms with Gasteiger partial charge in [-0.15, -0.1) is 0 Å². The zero-order valence-electron chi connectivity index (χ0n) is 15.0. The van der Waals surface area contributed by atoms with Gasteiger partial charge in [0.15, 0.2) is 5.96 Å². The van der Waals surface area contributed by atoms with Gasteiger partial charge in [-0.3, -0.25) is 14.4 Å². The first-order valence-corrected chi connectivity index (χ1v) is 8.28. The summed E-state index contributed by atoms with van der Waals surface area (Å²) in [4.78, 5) is 39.4. The normalized spacial score (nSPS) is 11.2. The first-order chi connectivity index (χ1) is 12.3. The van der Waals surface area contributed by atoms with E-state index >= 15 is 0 Å². The number of hydrogen-bond acceptors (Lipinski definition) is 5. The van der Waals surface area contributed by atoms with E-state index in [0.29, 0.717) is 17.7 Å². The van der Waals surface area contributed by atoms with Gasteiger partial charge in [0.25, 0.3) is 5.91 Å².